The normalized spacial score (nSPS) is 15.0. The minimum atomic E-state index is -1.02. The Morgan fingerprint density at radius 1 is 1.15 bits per heavy atom. The van der Waals surface area contributed by atoms with E-state index in [-0.39, 0.29) is 41.8 Å². The van der Waals surface area contributed by atoms with E-state index in [1.54, 1.807) is 24.3 Å². The van der Waals surface area contributed by atoms with E-state index in [9.17, 15) is 23.2 Å². The van der Waals surface area contributed by atoms with Gasteiger partial charge < -0.3 is 10.1 Å². The zero-order valence-electron chi connectivity index (χ0n) is 17.5. The first-order chi connectivity index (χ1) is 15.9. The Hall–Kier alpha value is -3.66. The molecule has 10 heteroatoms. The molecule has 1 heterocycles. The Bertz CT molecular complexity index is 1230. The molecule has 0 unspecified atom stereocenters. The van der Waals surface area contributed by atoms with Crippen LogP contribution in [0.5, 0.6) is 5.75 Å². The second-order valence-electron chi connectivity index (χ2n) is 7.44. The maximum Gasteiger partial charge on any atom is 0.257 e. The van der Waals surface area contributed by atoms with Crippen molar-refractivity contribution in [2.45, 2.75) is 19.4 Å². The highest BCUT2D eigenvalue weighted by Crippen LogP contribution is 2.32. The number of amides is 2. The van der Waals surface area contributed by atoms with E-state index in [0.717, 1.165) is 17.4 Å². The van der Waals surface area contributed by atoms with Crippen molar-refractivity contribution < 1.29 is 27.9 Å². The van der Waals surface area contributed by atoms with Crippen molar-refractivity contribution in [3.8, 4) is 5.75 Å². The number of methoxy groups -OCH3 is 1. The standard InChI is InChI=1S/C23H19F2N3O4S/c1-32-15-7-5-12(6-8-15)22(31)28-23-27-17-9-14(10-18(29)20(17)33-23)21(30)26-11-13-3-2-4-16(24)19(13)25/h2-8,14H,9-11H2,1H3,(H,26,30)(H,27,28,31)/t14-/m0/s1. The fourth-order valence-electron chi connectivity index (χ4n) is 3.49. The summed E-state index contributed by atoms with van der Waals surface area (Å²) in [4.78, 5) is 42.3. The number of fused-ring (bicyclic) bond motifs is 1. The fourth-order valence-corrected chi connectivity index (χ4v) is 4.43. The average Bonchev–Trinajstić information content (AvgIpc) is 3.23. The Kier molecular flexibility index (Phi) is 6.45. The van der Waals surface area contributed by atoms with E-state index in [1.807, 2.05) is 0 Å². The van der Waals surface area contributed by atoms with E-state index >= 15 is 0 Å². The molecule has 0 bridgehead atoms. The quantitative estimate of drug-likeness (QED) is 0.571. The van der Waals surface area contributed by atoms with Crippen LogP contribution in [0.2, 0.25) is 0 Å². The van der Waals surface area contributed by atoms with Crippen LogP contribution >= 0.6 is 11.3 Å². The summed E-state index contributed by atoms with van der Waals surface area (Å²) in [5.74, 6) is -3.17. The number of ketones is 1. The highest BCUT2D eigenvalue weighted by molar-refractivity contribution is 7.17. The number of rotatable bonds is 6. The number of nitrogens with zero attached hydrogens (tertiary/aromatic N) is 1. The number of ether oxygens (including phenoxy) is 1. The second kappa shape index (κ2) is 9.45. The molecular formula is C23H19F2N3O4S. The molecule has 0 saturated carbocycles. The third-order valence-electron chi connectivity index (χ3n) is 5.25. The lowest BCUT2D eigenvalue weighted by molar-refractivity contribution is -0.125. The maximum atomic E-state index is 13.8. The summed E-state index contributed by atoms with van der Waals surface area (Å²) in [7, 11) is 1.53. The molecular weight excluding hydrogens is 452 g/mol. The molecule has 4 rings (SSSR count). The van der Waals surface area contributed by atoms with Gasteiger partial charge in [0.25, 0.3) is 5.91 Å². The van der Waals surface area contributed by atoms with Gasteiger partial charge in [0.2, 0.25) is 5.91 Å². The minimum Gasteiger partial charge on any atom is -0.497 e. The summed E-state index contributed by atoms with van der Waals surface area (Å²) in [5.41, 5.74) is 0.846. The molecule has 2 N–H and O–H groups in total. The molecule has 2 aromatic carbocycles. The van der Waals surface area contributed by atoms with Crippen molar-refractivity contribution in [2.24, 2.45) is 5.92 Å². The molecule has 1 aliphatic rings. The van der Waals surface area contributed by atoms with Crippen LogP contribution < -0.4 is 15.4 Å². The molecule has 0 saturated heterocycles. The van der Waals surface area contributed by atoms with E-state index in [2.05, 4.69) is 15.6 Å². The first-order valence-electron chi connectivity index (χ1n) is 10.0. The summed E-state index contributed by atoms with van der Waals surface area (Å²) < 4.78 is 32.2. The van der Waals surface area contributed by atoms with Crippen molar-refractivity contribution in [1.29, 1.82) is 0 Å². The molecule has 1 aliphatic carbocycles. The summed E-state index contributed by atoms with van der Waals surface area (Å²) in [6.45, 7) is -0.194. The zero-order valence-corrected chi connectivity index (χ0v) is 18.3. The van der Waals surface area contributed by atoms with Gasteiger partial charge in [-0.15, -0.1) is 0 Å². The van der Waals surface area contributed by atoms with Crippen LogP contribution in [-0.4, -0.2) is 29.7 Å². The van der Waals surface area contributed by atoms with Gasteiger partial charge in [0, 0.05) is 30.5 Å². The minimum absolute atomic E-state index is 0.0170. The second-order valence-corrected chi connectivity index (χ2v) is 8.44. The maximum absolute atomic E-state index is 13.8. The van der Waals surface area contributed by atoms with Gasteiger partial charge in [-0.3, -0.25) is 19.7 Å². The Labute approximate surface area is 191 Å². The number of halogens is 2. The van der Waals surface area contributed by atoms with Crippen LogP contribution in [0.15, 0.2) is 42.5 Å². The fraction of sp³-hybridized carbons (Fsp3) is 0.217. The summed E-state index contributed by atoms with van der Waals surface area (Å²) in [6, 6.07) is 10.3. The number of Topliss-reactive ketones (excluding diaryl/α,β-unsaturated/α-hetero) is 1. The lowest BCUT2D eigenvalue weighted by Gasteiger charge is -2.19. The highest BCUT2D eigenvalue weighted by atomic mass is 32.1. The molecule has 0 spiro atoms. The molecule has 1 aromatic heterocycles. The lowest BCUT2D eigenvalue weighted by Crippen LogP contribution is -2.35. The largest absolute Gasteiger partial charge is 0.497 e. The van der Waals surface area contributed by atoms with Gasteiger partial charge in [-0.2, -0.15) is 0 Å². The number of carbonyl (C=O) groups excluding carboxylic acids is 3. The van der Waals surface area contributed by atoms with Crippen molar-refractivity contribution in [3.05, 3.63) is 75.8 Å². The predicted molar refractivity (Wildman–Crippen MR) is 117 cm³/mol. The lowest BCUT2D eigenvalue weighted by atomic mass is 9.89. The van der Waals surface area contributed by atoms with Gasteiger partial charge in [-0.05, 0) is 30.3 Å². The van der Waals surface area contributed by atoms with Crippen molar-refractivity contribution in [3.63, 3.8) is 0 Å². The van der Waals surface area contributed by atoms with Crippen molar-refractivity contribution >= 4 is 34.1 Å². The van der Waals surface area contributed by atoms with Crippen LogP contribution in [0.25, 0.3) is 0 Å². The first-order valence-corrected chi connectivity index (χ1v) is 10.9. The molecule has 0 radical (unpaired) electrons. The van der Waals surface area contributed by atoms with E-state index in [0.29, 0.717) is 21.9 Å². The van der Waals surface area contributed by atoms with Gasteiger partial charge >= 0.3 is 0 Å². The third-order valence-corrected chi connectivity index (χ3v) is 6.30. The number of benzene rings is 2. The van der Waals surface area contributed by atoms with Crippen LogP contribution in [0, 0.1) is 17.6 Å². The topological polar surface area (TPSA) is 97.4 Å². The number of thiazole rings is 1. The van der Waals surface area contributed by atoms with Gasteiger partial charge in [-0.25, -0.2) is 13.8 Å². The average molecular weight is 471 g/mol. The third kappa shape index (κ3) is 4.90. The summed E-state index contributed by atoms with van der Waals surface area (Å²) in [6.07, 6.45) is 0.173. The zero-order chi connectivity index (χ0) is 23.5. The molecule has 170 valence electrons. The molecule has 1 atom stereocenters. The van der Waals surface area contributed by atoms with Gasteiger partial charge in [0.15, 0.2) is 22.5 Å². The first kappa shape index (κ1) is 22.5. The predicted octanol–water partition coefficient (Wildman–Crippen LogP) is 3.74. The molecule has 0 fully saturated rings. The Balaban J connectivity index is 1.41. The molecule has 7 nitrogen and oxygen atoms in total. The van der Waals surface area contributed by atoms with Crippen LogP contribution in [0.1, 0.15) is 37.7 Å². The molecule has 0 aliphatic heterocycles. The number of hydrogen-bond donors (Lipinski definition) is 2. The number of hydrogen-bond acceptors (Lipinski definition) is 6. The summed E-state index contributed by atoms with van der Waals surface area (Å²) >= 11 is 1.06. The van der Waals surface area contributed by atoms with Crippen LogP contribution in [0.3, 0.4) is 0 Å². The number of nitrogens with one attached hydrogen (secondary N) is 2. The SMILES string of the molecule is COc1ccc(C(=O)Nc2nc3c(s2)C(=O)C[C@@H](C(=O)NCc2cccc(F)c2F)C3)cc1. The van der Waals surface area contributed by atoms with E-state index < -0.39 is 23.5 Å². The highest BCUT2D eigenvalue weighted by Gasteiger charge is 2.33. The van der Waals surface area contributed by atoms with Gasteiger partial charge in [-0.1, -0.05) is 23.5 Å². The van der Waals surface area contributed by atoms with Crippen LogP contribution in [0.4, 0.5) is 13.9 Å². The van der Waals surface area contributed by atoms with Crippen molar-refractivity contribution in [1.82, 2.24) is 10.3 Å². The molecule has 33 heavy (non-hydrogen) atoms. The number of aromatic nitrogens is 1. The monoisotopic (exact) mass is 471 g/mol. The van der Waals surface area contributed by atoms with Gasteiger partial charge in [0.05, 0.1) is 23.6 Å². The molecule has 2 amide bonds. The van der Waals surface area contributed by atoms with E-state index in [1.165, 1.54) is 19.2 Å². The number of carbonyl (C=O) groups is 3. The van der Waals surface area contributed by atoms with Gasteiger partial charge in [0.1, 0.15) is 5.75 Å². The summed E-state index contributed by atoms with van der Waals surface area (Å²) in [5, 5.41) is 5.49. The Morgan fingerprint density at radius 3 is 2.64 bits per heavy atom. The smallest absolute Gasteiger partial charge is 0.257 e. The number of anilines is 1. The van der Waals surface area contributed by atoms with Crippen molar-refractivity contribution in [2.75, 3.05) is 12.4 Å². The Morgan fingerprint density at radius 2 is 1.91 bits per heavy atom. The van der Waals surface area contributed by atoms with E-state index in [4.69, 9.17) is 4.74 Å². The van der Waals surface area contributed by atoms with Crippen LogP contribution in [-0.2, 0) is 17.8 Å². The molecule has 3 aromatic rings.